The summed E-state index contributed by atoms with van der Waals surface area (Å²) in [6, 6.07) is 12.2. The molecule has 0 saturated carbocycles. The lowest BCUT2D eigenvalue weighted by atomic mass is 10.1. The number of aliphatic hydroxyl groups excluding tert-OH is 1. The molecule has 19 heavy (non-hydrogen) atoms. The highest BCUT2D eigenvalue weighted by molar-refractivity contribution is 7.99. The highest BCUT2D eigenvalue weighted by Crippen LogP contribution is 2.36. The quantitative estimate of drug-likeness (QED) is 0.933. The Morgan fingerprint density at radius 2 is 2.16 bits per heavy atom. The Labute approximate surface area is 121 Å². The van der Waals surface area contributed by atoms with Crippen LogP contribution >= 0.6 is 23.1 Å². The molecule has 2 atom stereocenters. The Balaban J connectivity index is 1.58. The van der Waals surface area contributed by atoms with E-state index in [1.54, 1.807) is 23.1 Å². The van der Waals surface area contributed by atoms with Crippen LogP contribution in [0, 0.1) is 0 Å². The van der Waals surface area contributed by atoms with Crippen molar-refractivity contribution in [3.05, 3.63) is 46.7 Å². The van der Waals surface area contributed by atoms with E-state index in [1.807, 2.05) is 18.2 Å². The molecule has 0 amide bonds. The van der Waals surface area contributed by atoms with Crippen molar-refractivity contribution >= 4 is 23.1 Å². The lowest BCUT2D eigenvalue weighted by Crippen LogP contribution is -2.36. The minimum atomic E-state index is -0.400. The number of hydrogen-bond donors (Lipinski definition) is 1. The average molecular weight is 292 g/mol. The Morgan fingerprint density at radius 1 is 1.26 bits per heavy atom. The number of aryl methyl sites for hydroxylation is 1. The molecule has 2 aromatic rings. The van der Waals surface area contributed by atoms with Crippen molar-refractivity contribution < 1.29 is 9.84 Å². The summed E-state index contributed by atoms with van der Waals surface area (Å²) in [5.74, 6) is 1.72. The van der Waals surface area contributed by atoms with E-state index in [2.05, 4.69) is 23.6 Å². The van der Waals surface area contributed by atoms with E-state index < -0.39 is 6.10 Å². The maximum absolute atomic E-state index is 10.3. The molecule has 0 bridgehead atoms. The molecule has 1 aliphatic rings. The molecule has 0 spiro atoms. The molecule has 1 N–H and O–H groups in total. The molecule has 1 aliphatic heterocycles. The molecule has 0 radical (unpaired) electrons. The van der Waals surface area contributed by atoms with Crippen LogP contribution in [-0.4, -0.2) is 23.1 Å². The second-order valence-electron chi connectivity index (χ2n) is 4.60. The number of hydrogen-bond acceptors (Lipinski definition) is 4. The Hall–Kier alpha value is -0.970. The van der Waals surface area contributed by atoms with E-state index in [0.29, 0.717) is 0 Å². The van der Waals surface area contributed by atoms with Crippen LogP contribution in [0.2, 0.25) is 0 Å². The molecule has 0 saturated heterocycles. The summed E-state index contributed by atoms with van der Waals surface area (Å²) >= 11 is 3.51. The number of aliphatic hydroxyl groups is 1. The smallest absolute Gasteiger partial charge is 0.134 e. The lowest BCUT2D eigenvalue weighted by Gasteiger charge is -2.29. The van der Waals surface area contributed by atoms with Crippen LogP contribution in [0.1, 0.15) is 11.3 Å². The van der Waals surface area contributed by atoms with E-state index in [0.717, 1.165) is 24.3 Å². The van der Waals surface area contributed by atoms with Gasteiger partial charge in [0.15, 0.2) is 0 Å². The zero-order valence-corrected chi connectivity index (χ0v) is 12.1. The van der Waals surface area contributed by atoms with Gasteiger partial charge in [-0.05, 0) is 36.4 Å². The van der Waals surface area contributed by atoms with E-state index in [-0.39, 0.29) is 6.10 Å². The van der Waals surface area contributed by atoms with E-state index >= 15 is 0 Å². The van der Waals surface area contributed by atoms with Gasteiger partial charge in [0.1, 0.15) is 11.9 Å². The Kier molecular flexibility index (Phi) is 4.11. The fourth-order valence-corrected chi connectivity index (χ4v) is 3.95. The van der Waals surface area contributed by atoms with Crippen LogP contribution in [0.5, 0.6) is 5.75 Å². The molecule has 3 rings (SSSR count). The van der Waals surface area contributed by atoms with Crippen molar-refractivity contribution in [3.63, 3.8) is 0 Å². The van der Waals surface area contributed by atoms with Crippen LogP contribution in [0.25, 0.3) is 0 Å². The summed E-state index contributed by atoms with van der Waals surface area (Å²) in [6.07, 6.45) is 1.18. The second kappa shape index (κ2) is 5.99. The third kappa shape index (κ3) is 3.14. The van der Waals surface area contributed by atoms with Crippen molar-refractivity contribution in [3.8, 4) is 5.75 Å². The van der Waals surface area contributed by atoms with Crippen LogP contribution in [-0.2, 0) is 6.42 Å². The largest absolute Gasteiger partial charge is 0.486 e. The summed E-state index contributed by atoms with van der Waals surface area (Å²) in [4.78, 5) is 2.49. The first-order valence-corrected chi connectivity index (χ1v) is 8.28. The number of benzene rings is 1. The second-order valence-corrected chi connectivity index (χ2v) is 6.69. The minimum Gasteiger partial charge on any atom is -0.486 e. The first-order valence-electron chi connectivity index (χ1n) is 6.42. The maximum Gasteiger partial charge on any atom is 0.134 e. The van der Waals surface area contributed by atoms with Gasteiger partial charge in [0.05, 0.1) is 6.10 Å². The highest BCUT2D eigenvalue weighted by atomic mass is 32.2. The summed E-state index contributed by atoms with van der Waals surface area (Å²) < 4.78 is 5.90. The maximum atomic E-state index is 10.3. The lowest BCUT2D eigenvalue weighted by molar-refractivity contribution is 0.0412. The van der Waals surface area contributed by atoms with Gasteiger partial charge in [-0.1, -0.05) is 18.2 Å². The summed E-state index contributed by atoms with van der Waals surface area (Å²) in [7, 11) is 0. The van der Waals surface area contributed by atoms with Crippen molar-refractivity contribution in [2.45, 2.75) is 29.9 Å². The van der Waals surface area contributed by atoms with Crippen molar-refractivity contribution in [1.29, 1.82) is 0 Å². The SMILES string of the molecule is OC(CCc1cccs1)C1CSc2ccccc2O1. The third-order valence-corrected chi connectivity index (χ3v) is 5.31. The van der Waals surface area contributed by atoms with Gasteiger partial charge >= 0.3 is 0 Å². The molecule has 2 nitrogen and oxygen atoms in total. The first kappa shape index (κ1) is 13.0. The van der Waals surface area contributed by atoms with Gasteiger partial charge < -0.3 is 9.84 Å². The standard InChI is InChI=1S/C15H16O2S2/c16-12(8-7-11-4-3-9-18-11)14-10-19-15-6-2-1-5-13(15)17-14/h1-6,9,12,14,16H,7-8,10H2. The topological polar surface area (TPSA) is 29.5 Å². The first-order chi connectivity index (χ1) is 9.33. The summed E-state index contributed by atoms with van der Waals surface area (Å²) in [5, 5.41) is 12.3. The zero-order valence-electron chi connectivity index (χ0n) is 10.5. The normalized spacial score (nSPS) is 19.5. The number of rotatable bonds is 4. The van der Waals surface area contributed by atoms with Crippen molar-refractivity contribution in [2.24, 2.45) is 0 Å². The fraction of sp³-hybridized carbons (Fsp3) is 0.333. The summed E-state index contributed by atoms with van der Waals surface area (Å²) in [6.45, 7) is 0. The van der Waals surface area contributed by atoms with Crippen LogP contribution in [0.3, 0.4) is 0 Å². The molecular formula is C15H16O2S2. The molecule has 0 aliphatic carbocycles. The summed E-state index contributed by atoms with van der Waals surface area (Å²) in [5.41, 5.74) is 0. The van der Waals surface area contributed by atoms with Gasteiger partial charge in [0.2, 0.25) is 0 Å². The predicted octanol–water partition coefficient (Wildman–Crippen LogP) is 3.59. The van der Waals surface area contributed by atoms with Gasteiger partial charge in [-0.3, -0.25) is 0 Å². The molecule has 0 fully saturated rings. The van der Waals surface area contributed by atoms with Crippen molar-refractivity contribution in [1.82, 2.24) is 0 Å². The van der Waals surface area contributed by atoms with Gasteiger partial charge in [-0.15, -0.1) is 23.1 Å². The Morgan fingerprint density at radius 3 is 3.00 bits per heavy atom. The number of fused-ring (bicyclic) bond motifs is 1. The molecule has 2 unspecified atom stereocenters. The van der Waals surface area contributed by atoms with E-state index in [1.165, 1.54) is 9.77 Å². The zero-order chi connectivity index (χ0) is 13.1. The van der Waals surface area contributed by atoms with Gasteiger partial charge in [0.25, 0.3) is 0 Å². The van der Waals surface area contributed by atoms with Gasteiger partial charge in [-0.25, -0.2) is 0 Å². The fourth-order valence-electron chi connectivity index (χ4n) is 2.16. The minimum absolute atomic E-state index is 0.0973. The number of thiophene rings is 1. The average Bonchev–Trinajstić information content (AvgIpc) is 2.97. The van der Waals surface area contributed by atoms with Gasteiger partial charge in [0, 0.05) is 15.5 Å². The predicted molar refractivity (Wildman–Crippen MR) is 80.2 cm³/mol. The van der Waals surface area contributed by atoms with E-state index in [4.69, 9.17) is 4.74 Å². The molecule has 2 heterocycles. The molecule has 1 aromatic heterocycles. The highest BCUT2D eigenvalue weighted by Gasteiger charge is 2.26. The number of para-hydroxylation sites is 1. The molecule has 4 heteroatoms. The van der Waals surface area contributed by atoms with Gasteiger partial charge in [-0.2, -0.15) is 0 Å². The molecule has 1 aromatic carbocycles. The van der Waals surface area contributed by atoms with Crippen LogP contribution < -0.4 is 4.74 Å². The monoisotopic (exact) mass is 292 g/mol. The van der Waals surface area contributed by atoms with Crippen molar-refractivity contribution in [2.75, 3.05) is 5.75 Å². The number of ether oxygens (including phenoxy) is 1. The molecule has 100 valence electrons. The van der Waals surface area contributed by atoms with Crippen LogP contribution in [0.15, 0.2) is 46.7 Å². The van der Waals surface area contributed by atoms with Crippen LogP contribution in [0.4, 0.5) is 0 Å². The van der Waals surface area contributed by atoms with E-state index in [9.17, 15) is 5.11 Å². The number of thioether (sulfide) groups is 1. The Bertz CT molecular complexity index is 525. The third-order valence-electron chi connectivity index (χ3n) is 3.23. The molecular weight excluding hydrogens is 276 g/mol.